The molecule has 1 atom stereocenters. The number of hydrogen-bond donors (Lipinski definition) is 3. The van der Waals surface area contributed by atoms with E-state index < -0.39 is 0 Å². The van der Waals surface area contributed by atoms with Gasteiger partial charge in [-0.3, -0.25) is 4.79 Å². The van der Waals surface area contributed by atoms with E-state index in [1.54, 1.807) is 6.20 Å². The van der Waals surface area contributed by atoms with Gasteiger partial charge in [0.15, 0.2) is 0 Å². The SMILES string of the molecule is CC(C)C(N)CNc1cnn(CCO)c(=O)c1Br. The summed E-state index contributed by atoms with van der Waals surface area (Å²) in [6.45, 7) is 4.71. The number of nitrogens with one attached hydrogen (secondary N) is 1. The van der Waals surface area contributed by atoms with Crippen LogP contribution in [0.15, 0.2) is 15.5 Å². The predicted octanol–water partition coefficient (Wildman–Crippen LogP) is 0.393. The van der Waals surface area contributed by atoms with Crippen molar-refractivity contribution in [1.29, 1.82) is 0 Å². The molecule has 0 bridgehead atoms. The Morgan fingerprint density at radius 2 is 2.28 bits per heavy atom. The number of nitrogens with zero attached hydrogens (tertiary/aromatic N) is 2. The molecule has 6 nitrogen and oxygen atoms in total. The molecule has 1 heterocycles. The number of anilines is 1. The summed E-state index contributed by atoms with van der Waals surface area (Å²) in [5, 5.41) is 15.9. The minimum absolute atomic E-state index is 0.0109. The van der Waals surface area contributed by atoms with E-state index in [0.717, 1.165) is 0 Å². The van der Waals surface area contributed by atoms with Crippen LogP contribution in [0.25, 0.3) is 0 Å². The highest BCUT2D eigenvalue weighted by Crippen LogP contribution is 2.16. The molecule has 1 aromatic heterocycles. The maximum Gasteiger partial charge on any atom is 0.283 e. The van der Waals surface area contributed by atoms with Crippen LogP contribution in [0.1, 0.15) is 13.8 Å². The molecule has 18 heavy (non-hydrogen) atoms. The Morgan fingerprint density at radius 1 is 1.61 bits per heavy atom. The van der Waals surface area contributed by atoms with Gasteiger partial charge in [-0.05, 0) is 21.8 Å². The number of aromatic nitrogens is 2. The lowest BCUT2D eigenvalue weighted by Gasteiger charge is -2.17. The van der Waals surface area contributed by atoms with E-state index in [4.69, 9.17) is 10.8 Å². The molecule has 0 amide bonds. The predicted molar refractivity (Wildman–Crippen MR) is 74.6 cm³/mol. The second-order valence-electron chi connectivity index (χ2n) is 4.41. The Kier molecular flexibility index (Phi) is 5.77. The third-order valence-corrected chi connectivity index (χ3v) is 3.45. The lowest BCUT2D eigenvalue weighted by molar-refractivity contribution is 0.266. The molecule has 0 saturated carbocycles. The van der Waals surface area contributed by atoms with Gasteiger partial charge in [-0.15, -0.1) is 0 Å². The first kappa shape index (κ1) is 15.1. The third-order valence-electron chi connectivity index (χ3n) is 2.68. The van der Waals surface area contributed by atoms with Gasteiger partial charge in [0.05, 0.1) is 25.0 Å². The topological polar surface area (TPSA) is 93.2 Å². The van der Waals surface area contributed by atoms with Gasteiger partial charge in [-0.1, -0.05) is 13.8 Å². The van der Waals surface area contributed by atoms with E-state index in [9.17, 15) is 4.79 Å². The van der Waals surface area contributed by atoms with E-state index >= 15 is 0 Å². The summed E-state index contributed by atoms with van der Waals surface area (Å²) < 4.78 is 1.61. The fourth-order valence-electron chi connectivity index (χ4n) is 1.31. The van der Waals surface area contributed by atoms with Crippen LogP contribution >= 0.6 is 15.9 Å². The summed E-state index contributed by atoms with van der Waals surface area (Å²) in [6.07, 6.45) is 1.55. The molecule has 0 fully saturated rings. The van der Waals surface area contributed by atoms with Crippen LogP contribution in [-0.4, -0.2) is 34.1 Å². The molecule has 0 spiro atoms. The highest BCUT2D eigenvalue weighted by Gasteiger charge is 2.11. The van der Waals surface area contributed by atoms with E-state index in [1.807, 2.05) is 13.8 Å². The zero-order chi connectivity index (χ0) is 13.7. The summed E-state index contributed by atoms with van der Waals surface area (Å²) in [5.74, 6) is 0.360. The van der Waals surface area contributed by atoms with Gasteiger partial charge in [0, 0.05) is 12.6 Å². The van der Waals surface area contributed by atoms with Crippen molar-refractivity contribution >= 4 is 21.6 Å². The van der Waals surface area contributed by atoms with Crippen LogP contribution in [0.4, 0.5) is 5.69 Å². The Hall–Kier alpha value is -0.920. The Bertz CT molecular complexity index is 447. The van der Waals surface area contributed by atoms with E-state index in [1.165, 1.54) is 4.68 Å². The van der Waals surface area contributed by atoms with Crippen LogP contribution in [0.3, 0.4) is 0 Å². The van der Waals surface area contributed by atoms with Gasteiger partial charge in [0.25, 0.3) is 5.56 Å². The van der Waals surface area contributed by atoms with E-state index in [0.29, 0.717) is 22.6 Å². The smallest absolute Gasteiger partial charge is 0.283 e. The molecule has 0 radical (unpaired) electrons. The molecule has 0 aliphatic heterocycles. The first-order valence-electron chi connectivity index (χ1n) is 5.83. The standard InChI is InChI=1S/C11H19BrN4O2/c1-7(2)8(13)5-14-9-6-15-16(3-4-17)11(18)10(9)12/h6-8,14,17H,3-5,13H2,1-2H3. The fraction of sp³-hybridized carbons (Fsp3) is 0.636. The molecule has 1 unspecified atom stereocenters. The summed E-state index contributed by atoms with van der Waals surface area (Å²) in [6, 6.07) is 0.0109. The fourth-order valence-corrected chi connectivity index (χ4v) is 1.75. The molecule has 0 aromatic carbocycles. The molecule has 1 rings (SSSR count). The third kappa shape index (κ3) is 3.79. The van der Waals surface area contributed by atoms with Crippen molar-refractivity contribution in [3.8, 4) is 0 Å². The molecule has 102 valence electrons. The number of aliphatic hydroxyl groups is 1. The monoisotopic (exact) mass is 318 g/mol. The highest BCUT2D eigenvalue weighted by atomic mass is 79.9. The first-order valence-corrected chi connectivity index (χ1v) is 6.62. The summed E-state index contributed by atoms with van der Waals surface area (Å²) in [5.41, 5.74) is 6.26. The van der Waals surface area contributed by atoms with Crippen LogP contribution in [0.5, 0.6) is 0 Å². The zero-order valence-corrected chi connectivity index (χ0v) is 12.1. The lowest BCUT2D eigenvalue weighted by Crippen LogP contribution is -2.34. The summed E-state index contributed by atoms with van der Waals surface area (Å²) in [4.78, 5) is 11.8. The van der Waals surface area contributed by atoms with Crippen LogP contribution in [0.2, 0.25) is 0 Å². The van der Waals surface area contributed by atoms with Crippen LogP contribution < -0.4 is 16.6 Å². The van der Waals surface area contributed by atoms with Crippen molar-refractivity contribution in [1.82, 2.24) is 9.78 Å². The number of rotatable bonds is 6. The van der Waals surface area contributed by atoms with Crippen molar-refractivity contribution in [3.05, 3.63) is 21.0 Å². The van der Waals surface area contributed by atoms with Crippen molar-refractivity contribution in [2.24, 2.45) is 11.7 Å². The van der Waals surface area contributed by atoms with Gasteiger partial charge >= 0.3 is 0 Å². The normalized spacial score (nSPS) is 12.8. The van der Waals surface area contributed by atoms with Crippen molar-refractivity contribution in [2.45, 2.75) is 26.4 Å². The number of nitrogens with two attached hydrogens (primary N) is 1. The summed E-state index contributed by atoms with van der Waals surface area (Å²) in [7, 11) is 0. The Balaban J connectivity index is 2.79. The number of aliphatic hydroxyl groups excluding tert-OH is 1. The minimum Gasteiger partial charge on any atom is -0.394 e. The second kappa shape index (κ2) is 6.86. The molecule has 0 saturated heterocycles. The first-order chi connectivity index (χ1) is 8.47. The molecule has 7 heteroatoms. The van der Waals surface area contributed by atoms with Crippen LogP contribution in [-0.2, 0) is 6.54 Å². The average molecular weight is 319 g/mol. The van der Waals surface area contributed by atoms with Crippen molar-refractivity contribution in [2.75, 3.05) is 18.5 Å². The largest absolute Gasteiger partial charge is 0.394 e. The van der Waals surface area contributed by atoms with E-state index in [2.05, 4.69) is 26.3 Å². The Labute approximate surface area is 114 Å². The molecule has 1 aromatic rings. The average Bonchev–Trinajstić information content (AvgIpc) is 2.33. The van der Waals surface area contributed by atoms with Crippen LogP contribution in [0, 0.1) is 5.92 Å². The second-order valence-corrected chi connectivity index (χ2v) is 5.21. The summed E-state index contributed by atoms with van der Waals surface area (Å²) >= 11 is 3.23. The number of hydrogen-bond acceptors (Lipinski definition) is 5. The number of halogens is 1. The molecular formula is C11H19BrN4O2. The van der Waals surface area contributed by atoms with Gasteiger partial charge in [-0.2, -0.15) is 5.10 Å². The lowest BCUT2D eigenvalue weighted by atomic mass is 10.1. The van der Waals surface area contributed by atoms with Gasteiger partial charge < -0.3 is 16.2 Å². The van der Waals surface area contributed by atoms with Gasteiger partial charge in [0.1, 0.15) is 4.47 Å². The van der Waals surface area contributed by atoms with Gasteiger partial charge in [-0.25, -0.2) is 4.68 Å². The van der Waals surface area contributed by atoms with Crippen molar-refractivity contribution in [3.63, 3.8) is 0 Å². The molecule has 4 N–H and O–H groups in total. The minimum atomic E-state index is -0.271. The maximum absolute atomic E-state index is 11.8. The van der Waals surface area contributed by atoms with E-state index in [-0.39, 0.29) is 24.8 Å². The maximum atomic E-state index is 11.8. The highest BCUT2D eigenvalue weighted by molar-refractivity contribution is 9.10. The zero-order valence-electron chi connectivity index (χ0n) is 10.6. The molecule has 0 aliphatic carbocycles. The van der Waals surface area contributed by atoms with Crippen molar-refractivity contribution < 1.29 is 5.11 Å². The molecular weight excluding hydrogens is 300 g/mol. The Morgan fingerprint density at radius 3 is 2.83 bits per heavy atom. The quantitative estimate of drug-likeness (QED) is 0.705. The molecule has 0 aliphatic rings. The van der Waals surface area contributed by atoms with Gasteiger partial charge in [0.2, 0.25) is 0 Å².